The Hall–Kier alpha value is -2.00. The number of hydrogen-bond acceptors (Lipinski definition) is 6. The molecular weight excluding hydrogens is 268 g/mol. The molecule has 0 aliphatic rings. The van der Waals surface area contributed by atoms with Crippen LogP contribution in [0.2, 0.25) is 0 Å². The highest BCUT2D eigenvalue weighted by molar-refractivity contribution is 7.89. The summed E-state index contributed by atoms with van der Waals surface area (Å²) in [5.74, 6) is 0.573. The van der Waals surface area contributed by atoms with E-state index in [4.69, 9.17) is 5.73 Å². The zero-order valence-corrected chi connectivity index (χ0v) is 11.1. The maximum atomic E-state index is 12.0. The van der Waals surface area contributed by atoms with E-state index in [1.165, 1.54) is 18.5 Å². The molecule has 0 fully saturated rings. The lowest BCUT2D eigenvalue weighted by molar-refractivity contribution is 0.580. The van der Waals surface area contributed by atoms with E-state index < -0.39 is 10.0 Å². The van der Waals surface area contributed by atoms with Gasteiger partial charge in [-0.05, 0) is 6.07 Å². The van der Waals surface area contributed by atoms with Crippen molar-refractivity contribution < 1.29 is 8.42 Å². The first-order chi connectivity index (χ1) is 8.99. The van der Waals surface area contributed by atoms with E-state index in [2.05, 4.69) is 19.8 Å². The molecule has 0 aliphatic carbocycles. The second-order valence-electron chi connectivity index (χ2n) is 3.90. The molecule has 0 spiro atoms. The number of nitrogens with one attached hydrogen (secondary N) is 1. The first-order valence-electron chi connectivity index (χ1n) is 5.53. The van der Waals surface area contributed by atoms with Crippen LogP contribution in [-0.4, -0.2) is 34.7 Å². The molecule has 0 unspecified atom stereocenters. The highest BCUT2D eigenvalue weighted by Gasteiger charge is 2.17. The van der Waals surface area contributed by atoms with Gasteiger partial charge in [0.05, 0.1) is 5.69 Å². The van der Waals surface area contributed by atoms with Crippen LogP contribution in [0.5, 0.6) is 0 Å². The van der Waals surface area contributed by atoms with E-state index >= 15 is 0 Å². The number of anilines is 1. The van der Waals surface area contributed by atoms with Gasteiger partial charge in [-0.25, -0.2) is 18.1 Å². The molecule has 3 N–H and O–H groups in total. The van der Waals surface area contributed by atoms with E-state index in [9.17, 15) is 8.42 Å². The fourth-order valence-corrected chi connectivity index (χ4v) is 2.59. The van der Waals surface area contributed by atoms with Crippen molar-refractivity contribution >= 4 is 15.7 Å². The van der Waals surface area contributed by atoms with Gasteiger partial charge in [0.15, 0.2) is 5.82 Å². The van der Waals surface area contributed by atoms with Crippen LogP contribution in [0.3, 0.4) is 0 Å². The Morgan fingerprint density at radius 1 is 1.47 bits per heavy atom. The SMILES string of the molecule is Cn1cnc(CCNS(=O)(=O)c2cnccc2N)n1. The molecule has 0 saturated heterocycles. The standard InChI is InChI=1S/C10H14N6O2S/c1-16-7-13-10(15-16)3-5-14-19(17,18)9-6-12-4-2-8(9)11/h2,4,6-7,14H,3,5H2,1H3,(H2,11,12). The summed E-state index contributed by atoms with van der Waals surface area (Å²) in [7, 11) is -1.91. The summed E-state index contributed by atoms with van der Waals surface area (Å²) in [6, 6.07) is 1.44. The van der Waals surface area contributed by atoms with E-state index in [1.54, 1.807) is 18.1 Å². The summed E-state index contributed by atoms with van der Waals surface area (Å²) >= 11 is 0. The van der Waals surface area contributed by atoms with Crippen molar-refractivity contribution in [2.75, 3.05) is 12.3 Å². The normalized spacial score (nSPS) is 11.6. The quantitative estimate of drug-likeness (QED) is 0.750. The molecule has 0 atom stereocenters. The van der Waals surface area contributed by atoms with Gasteiger partial charge in [0.25, 0.3) is 0 Å². The fourth-order valence-electron chi connectivity index (χ4n) is 1.49. The lowest BCUT2D eigenvalue weighted by atomic mass is 10.4. The molecule has 2 aromatic rings. The lowest BCUT2D eigenvalue weighted by Crippen LogP contribution is -2.27. The molecule has 0 aromatic carbocycles. The number of nitrogens with two attached hydrogens (primary N) is 1. The Balaban J connectivity index is 2.01. The molecule has 102 valence electrons. The summed E-state index contributed by atoms with van der Waals surface area (Å²) in [6.45, 7) is 0.195. The second-order valence-corrected chi connectivity index (χ2v) is 5.63. The molecule has 2 rings (SSSR count). The van der Waals surface area contributed by atoms with Gasteiger partial charge in [0.1, 0.15) is 11.2 Å². The number of nitrogens with zero attached hydrogens (tertiary/aromatic N) is 4. The minimum atomic E-state index is -3.65. The fraction of sp³-hybridized carbons (Fsp3) is 0.300. The van der Waals surface area contributed by atoms with Crippen molar-refractivity contribution in [3.05, 3.63) is 30.6 Å². The summed E-state index contributed by atoms with van der Waals surface area (Å²) < 4.78 is 27.9. The van der Waals surface area contributed by atoms with Crippen molar-refractivity contribution in [1.82, 2.24) is 24.5 Å². The molecular formula is C10H14N6O2S. The molecule has 2 heterocycles. The summed E-state index contributed by atoms with van der Waals surface area (Å²) in [4.78, 5) is 7.74. The first kappa shape index (κ1) is 13.4. The second kappa shape index (κ2) is 5.33. The van der Waals surface area contributed by atoms with Gasteiger partial charge in [-0.15, -0.1) is 0 Å². The highest BCUT2D eigenvalue weighted by Crippen LogP contribution is 2.14. The number of pyridine rings is 1. The van der Waals surface area contributed by atoms with Crippen LogP contribution in [0.1, 0.15) is 5.82 Å². The Kier molecular flexibility index (Phi) is 3.76. The molecule has 0 bridgehead atoms. The van der Waals surface area contributed by atoms with Gasteiger partial charge < -0.3 is 5.73 Å². The first-order valence-corrected chi connectivity index (χ1v) is 7.01. The summed E-state index contributed by atoms with van der Waals surface area (Å²) in [6.07, 6.45) is 4.62. The number of nitrogen functional groups attached to an aromatic ring is 1. The van der Waals surface area contributed by atoms with Crippen LogP contribution in [0.4, 0.5) is 5.69 Å². The van der Waals surface area contributed by atoms with Gasteiger partial charge >= 0.3 is 0 Å². The van der Waals surface area contributed by atoms with Crippen LogP contribution in [0.25, 0.3) is 0 Å². The van der Waals surface area contributed by atoms with E-state index in [0.717, 1.165) is 0 Å². The van der Waals surface area contributed by atoms with Crippen molar-refractivity contribution in [3.8, 4) is 0 Å². The molecule has 9 heteroatoms. The third-order valence-electron chi connectivity index (χ3n) is 2.39. The summed E-state index contributed by atoms with van der Waals surface area (Å²) in [5, 5.41) is 4.05. The molecule has 2 aromatic heterocycles. The van der Waals surface area contributed by atoms with Crippen LogP contribution in [0.15, 0.2) is 29.7 Å². The van der Waals surface area contributed by atoms with Gasteiger partial charge in [-0.2, -0.15) is 5.10 Å². The van der Waals surface area contributed by atoms with Gasteiger partial charge in [-0.1, -0.05) is 0 Å². The third-order valence-corrected chi connectivity index (χ3v) is 3.90. The van der Waals surface area contributed by atoms with E-state index in [1.807, 2.05) is 0 Å². The average molecular weight is 282 g/mol. The largest absolute Gasteiger partial charge is 0.398 e. The van der Waals surface area contributed by atoms with Gasteiger partial charge in [0, 0.05) is 32.4 Å². The van der Waals surface area contributed by atoms with Gasteiger partial charge in [-0.3, -0.25) is 9.67 Å². The minimum Gasteiger partial charge on any atom is -0.398 e. The molecule has 0 aliphatic heterocycles. The van der Waals surface area contributed by atoms with Crippen molar-refractivity contribution in [2.24, 2.45) is 7.05 Å². The number of hydrogen-bond donors (Lipinski definition) is 2. The average Bonchev–Trinajstić information content (AvgIpc) is 2.75. The third kappa shape index (κ3) is 3.26. The predicted octanol–water partition coefficient (Wildman–Crippen LogP) is -0.687. The zero-order chi connectivity index (χ0) is 13.9. The van der Waals surface area contributed by atoms with E-state index in [0.29, 0.717) is 12.2 Å². The highest BCUT2D eigenvalue weighted by atomic mass is 32.2. The Labute approximate surface area is 110 Å². The number of aromatic nitrogens is 4. The van der Waals surface area contributed by atoms with Crippen molar-refractivity contribution in [2.45, 2.75) is 11.3 Å². The van der Waals surface area contributed by atoms with Crippen molar-refractivity contribution in [1.29, 1.82) is 0 Å². The maximum absolute atomic E-state index is 12.0. The van der Waals surface area contributed by atoms with Crippen LogP contribution >= 0.6 is 0 Å². The number of rotatable bonds is 5. The monoisotopic (exact) mass is 282 g/mol. The maximum Gasteiger partial charge on any atom is 0.244 e. The van der Waals surface area contributed by atoms with E-state index in [-0.39, 0.29) is 17.1 Å². The molecule has 0 radical (unpaired) electrons. The predicted molar refractivity (Wildman–Crippen MR) is 68.5 cm³/mol. The van der Waals surface area contributed by atoms with Gasteiger partial charge in [0.2, 0.25) is 10.0 Å². The van der Waals surface area contributed by atoms with Crippen molar-refractivity contribution in [3.63, 3.8) is 0 Å². The smallest absolute Gasteiger partial charge is 0.244 e. The van der Waals surface area contributed by atoms with Crippen LogP contribution in [0, 0.1) is 0 Å². The topological polar surface area (TPSA) is 116 Å². The summed E-state index contributed by atoms with van der Waals surface area (Å²) in [5.41, 5.74) is 5.77. The Morgan fingerprint density at radius 2 is 2.26 bits per heavy atom. The van der Waals surface area contributed by atoms with Crippen LogP contribution in [-0.2, 0) is 23.5 Å². The number of aryl methyl sites for hydroxylation is 1. The minimum absolute atomic E-state index is 0.0241. The Morgan fingerprint density at radius 3 is 2.89 bits per heavy atom. The molecule has 0 saturated carbocycles. The molecule has 8 nitrogen and oxygen atoms in total. The molecule has 0 amide bonds. The van der Waals surface area contributed by atoms with Crippen LogP contribution < -0.4 is 10.5 Å². The number of sulfonamides is 1. The Bertz CT molecular complexity index is 666. The molecule has 19 heavy (non-hydrogen) atoms. The lowest BCUT2D eigenvalue weighted by Gasteiger charge is -2.07. The zero-order valence-electron chi connectivity index (χ0n) is 10.3.